The van der Waals surface area contributed by atoms with E-state index in [-0.39, 0.29) is 0 Å². The van der Waals surface area contributed by atoms with Crippen LogP contribution in [0, 0.1) is 6.92 Å². The van der Waals surface area contributed by atoms with Gasteiger partial charge in [0.2, 0.25) is 0 Å². The van der Waals surface area contributed by atoms with Gasteiger partial charge in [-0.3, -0.25) is 0 Å². The molecule has 0 nitrogen and oxygen atoms in total. The van der Waals surface area contributed by atoms with Crippen LogP contribution in [0.5, 0.6) is 0 Å². The van der Waals surface area contributed by atoms with Gasteiger partial charge in [-0.2, -0.15) is 4.90 Å². The van der Waals surface area contributed by atoms with E-state index >= 15 is 0 Å². The second-order valence-electron chi connectivity index (χ2n) is 1.81. The molecule has 0 aliphatic heterocycles. The minimum Gasteiger partial charge on any atom is -0.780 e. The molecule has 0 spiro atoms. The monoisotopic (exact) mass is 380 g/mol. The minimum absolute atomic E-state index is 0. The van der Waals surface area contributed by atoms with E-state index in [0.717, 1.165) is 4.90 Å². The minimum atomic E-state index is 0. The summed E-state index contributed by atoms with van der Waals surface area (Å²) in [6.07, 6.45) is 0. The maximum atomic E-state index is 4.87. The van der Waals surface area contributed by atoms with Crippen molar-refractivity contribution in [3.63, 3.8) is 0 Å². The molecule has 1 rings (SSSR count). The summed E-state index contributed by atoms with van der Waals surface area (Å²) in [5.74, 6) is 0. The molecule has 9 heavy (non-hydrogen) atoms. The van der Waals surface area contributed by atoms with Gasteiger partial charge >= 0.3 is 0 Å². The van der Waals surface area contributed by atoms with E-state index in [4.69, 9.17) is 12.6 Å². The van der Waals surface area contributed by atoms with Crippen LogP contribution in [0.15, 0.2) is 29.2 Å². The van der Waals surface area contributed by atoms with E-state index in [2.05, 4.69) is 6.92 Å². The largest absolute Gasteiger partial charge is 0.780 e. The van der Waals surface area contributed by atoms with Crippen LogP contribution in [-0.4, -0.2) is 0 Å². The summed E-state index contributed by atoms with van der Waals surface area (Å²) in [6, 6.07) is 7.90. The zero-order valence-corrected chi connectivity index (χ0v) is 8.23. The number of hydrogen-bond donors (Lipinski definition) is 0. The Bertz CT molecular complexity index is 148. The van der Waals surface area contributed by atoms with Crippen molar-refractivity contribution in [1.29, 1.82) is 0 Å². The first-order chi connectivity index (χ1) is 3.79. The molecule has 0 aliphatic carbocycles. The Hall–Kier alpha value is -1.56. The van der Waals surface area contributed by atoms with Gasteiger partial charge in [-0.15, -0.1) is 0 Å². The molecule has 0 bridgehead atoms. The van der Waals surface area contributed by atoms with E-state index in [9.17, 15) is 0 Å². The van der Waals surface area contributed by atoms with Crippen molar-refractivity contribution in [1.82, 2.24) is 0 Å². The average molecular weight is 380 g/mol. The molecule has 0 heterocycles. The number of rotatable bonds is 0. The molecule has 0 fully saturated rings. The molecule has 0 aliphatic rings. The summed E-state index contributed by atoms with van der Waals surface area (Å²) in [7, 11) is 0. The second-order valence-corrected chi connectivity index (χ2v) is 2.28. The summed E-state index contributed by atoms with van der Waals surface area (Å²) < 4.78 is 0. The van der Waals surface area contributed by atoms with E-state index in [1.165, 1.54) is 5.56 Å². The number of hydrogen-bond acceptors (Lipinski definition) is 1. The Morgan fingerprint density at radius 1 is 1.11 bits per heavy atom. The molecular formula is C7H7FmS-. The molecule has 1 aromatic carbocycles. The first kappa shape index (κ1) is 7.44. The Labute approximate surface area is 55.0 Å². The molecule has 0 N–H and O–H groups in total. The zero-order chi connectivity index (χ0) is 5.98. The predicted molar refractivity (Wildman–Crippen MR) is 36.8 cm³/mol. The number of benzene rings is 1. The summed E-state index contributed by atoms with van der Waals surface area (Å²) >= 11 is 4.87. The van der Waals surface area contributed by atoms with Gasteiger partial charge in [0.1, 0.15) is 0 Å². The fourth-order valence-corrected chi connectivity index (χ4v) is 0.674. The van der Waals surface area contributed by atoms with Crippen LogP contribution in [0.3, 0.4) is 0 Å². The summed E-state index contributed by atoms with van der Waals surface area (Å²) in [5, 5.41) is 0. The van der Waals surface area contributed by atoms with Crippen molar-refractivity contribution in [2.24, 2.45) is 0 Å². The average Bonchev–Trinajstić information content (AvgIpc) is 1.77. The number of aryl methyl sites for hydroxylation is 1. The Morgan fingerprint density at radius 3 is 1.89 bits per heavy atom. The van der Waals surface area contributed by atoms with Gasteiger partial charge < -0.3 is 12.6 Å². The normalized spacial score (nSPS) is 8.11. The van der Waals surface area contributed by atoms with E-state index in [1.54, 1.807) is 0 Å². The molecule has 0 atom stereocenters. The Balaban J connectivity index is 0.000000640. The summed E-state index contributed by atoms with van der Waals surface area (Å²) in [4.78, 5) is 0.913. The van der Waals surface area contributed by atoms with Crippen molar-refractivity contribution in [3.05, 3.63) is 29.8 Å². The third-order valence-corrected chi connectivity index (χ3v) is 1.29. The van der Waals surface area contributed by atoms with Gasteiger partial charge in [0.25, 0.3) is 0 Å². The Kier molecular flexibility index (Phi) is 2.21. The molecule has 2 heteroatoms. The van der Waals surface area contributed by atoms with Crippen molar-refractivity contribution >= 4 is 12.6 Å². The van der Waals surface area contributed by atoms with Crippen LogP contribution < -0.4 is 0 Å². The third kappa shape index (κ3) is 1.78. The van der Waals surface area contributed by atoms with Gasteiger partial charge in [0, 0.05) is 0 Å². The summed E-state index contributed by atoms with van der Waals surface area (Å²) in [6.45, 7) is 2.05. The zero-order valence-electron chi connectivity index (χ0n) is 5.01. The van der Waals surface area contributed by atoms with Gasteiger partial charge in [0.05, 0.1) is 0 Å². The molecule has 54 valence electrons. The van der Waals surface area contributed by atoms with Gasteiger partial charge in [-0.1, -0.05) is 29.8 Å². The van der Waals surface area contributed by atoms with Crippen molar-refractivity contribution in [2.45, 2.75) is 11.8 Å². The van der Waals surface area contributed by atoms with Gasteiger partial charge in [-0.05, 0) is 6.92 Å². The van der Waals surface area contributed by atoms with Crippen LogP contribution in [-0.2, 0) is 12.6 Å². The van der Waals surface area contributed by atoms with E-state index in [0.29, 0.717) is 0 Å². The molecule has 0 aromatic heterocycles. The van der Waals surface area contributed by atoms with Gasteiger partial charge in [-0.25, -0.2) is 0 Å². The fraction of sp³-hybridized carbons (Fsp3) is 0.143. The molecule has 0 saturated heterocycles. The second kappa shape index (κ2) is 2.68. The van der Waals surface area contributed by atoms with Crippen LogP contribution in [0.4, 0.5) is 0 Å². The standard InChI is InChI=1S/C7H8S.Fm/c1-6-2-4-7(8)5-3-6;/h2-5,8H,1H3;/p-1. The van der Waals surface area contributed by atoms with Crippen LogP contribution in [0.2, 0.25) is 0 Å². The SMILES string of the molecule is Cc1ccc([S-])cc1.[Fm]. The maximum absolute atomic E-state index is 4.87. The van der Waals surface area contributed by atoms with E-state index < -0.39 is 0 Å². The van der Waals surface area contributed by atoms with Crippen LogP contribution in [0.1, 0.15) is 5.56 Å². The fourth-order valence-electron chi connectivity index (χ4n) is 0.538. The maximum Gasteiger partial charge on any atom is 0 e. The third-order valence-electron chi connectivity index (χ3n) is 1.02. The first-order valence-electron chi connectivity index (χ1n) is 2.53. The quantitative estimate of drug-likeness (QED) is 0.620. The van der Waals surface area contributed by atoms with Gasteiger partial charge in [0.15, 0.2) is 0 Å². The topological polar surface area (TPSA) is 0 Å². The van der Waals surface area contributed by atoms with Crippen molar-refractivity contribution in [2.75, 3.05) is 0 Å². The van der Waals surface area contributed by atoms with Crippen LogP contribution in [0.25, 0.3) is 0 Å². The summed E-state index contributed by atoms with van der Waals surface area (Å²) in [5.41, 5.74) is 1.26. The molecule has 1 aromatic rings. The van der Waals surface area contributed by atoms with Crippen molar-refractivity contribution in [3.8, 4) is 0 Å². The first-order valence-corrected chi connectivity index (χ1v) is 2.93. The molecular weight excluding hydrogens is 373 g/mol. The molecule has 0 amide bonds. The molecule has 0 saturated carbocycles. The van der Waals surface area contributed by atoms with E-state index in [1.807, 2.05) is 24.3 Å². The molecule has 0 unspecified atom stereocenters. The Morgan fingerprint density at radius 2 is 1.56 bits per heavy atom. The smallest absolute Gasteiger partial charge is 0 e. The predicted octanol–water partition coefficient (Wildman–Crippen LogP) is 1.90. The molecule has 0 radical (unpaired) electrons. The van der Waals surface area contributed by atoms with Crippen molar-refractivity contribution < 1.29 is 0 Å². The van der Waals surface area contributed by atoms with Crippen LogP contribution >= 0.6 is 0 Å².